The normalized spacial score (nSPS) is 10.8. The van der Waals surface area contributed by atoms with E-state index in [4.69, 9.17) is 4.42 Å². The second-order valence-corrected chi connectivity index (χ2v) is 5.38. The van der Waals surface area contributed by atoms with Crippen LogP contribution in [0.3, 0.4) is 0 Å². The van der Waals surface area contributed by atoms with Gasteiger partial charge in [-0.2, -0.15) is 5.10 Å². The summed E-state index contributed by atoms with van der Waals surface area (Å²) in [6.07, 6.45) is 0. The van der Waals surface area contributed by atoms with Gasteiger partial charge in [0.15, 0.2) is 11.6 Å². The zero-order valence-electron chi connectivity index (χ0n) is 11.7. The lowest BCUT2D eigenvalue weighted by molar-refractivity contribution is 0.102. The van der Waals surface area contributed by atoms with E-state index in [1.165, 1.54) is 0 Å². The van der Waals surface area contributed by atoms with Gasteiger partial charge in [0.05, 0.1) is 5.69 Å². The predicted octanol–water partition coefficient (Wildman–Crippen LogP) is 2.70. The van der Waals surface area contributed by atoms with Crippen LogP contribution in [-0.4, -0.2) is 25.7 Å². The number of aromatic nitrogens is 4. The molecule has 0 radical (unpaired) electrons. The summed E-state index contributed by atoms with van der Waals surface area (Å²) in [6, 6.07) is 3.74. The molecular weight excluding hydrogens is 290 g/mol. The van der Waals surface area contributed by atoms with Crippen molar-refractivity contribution in [1.82, 2.24) is 19.8 Å². The molecule has 7 nitrogen and oxygen atoms in total. The molecule has 0 aliphatic carbocycles. The lowest BCUT2D eigenvalue weighted by Crippen LogP contribution is -2.12. The number of nitrogens with zero attached hydrogens (tertiary/aromatic N) is 3. The molecule has 2 N–H and O–H groups in total. The monoisotopic (exact) mass is 303 g/mol. The van der Waals surface area contributed by atoms with Gasteiger partial charge in [-0.1, -0.05) is 4.49 Å². The highest BCUT2D eigenvalue weighted by Crippen LogP contribution is 2.27. The molecule has 0 spiro atoms. The maximum Gasteiger partial charge on any atom is 0.270 e. The van der Waals surface area contributed by atoms with Crippen LogP contribution in [0.15, 0.2) is 16.5 Å². The van der Waals surface area contributed by atoms with Crippen molar-refractivity contribution >= 4 is 23.3 Å². The molecule has 0 aliphatic rings. The first-order valence-corrected chi connectivity index (χ1v) is 7.05. The first-order valence-electron chi connectivity index (χ1n) is 6.28. The molecule has 0 bridgehead atoms. The standard InChI is InChI=1S/C13H13N5O2S/c1-6-4-5-9(20-6)10-7(2)12(17-16-10)14-13(19)11-8(3)15-18-21-11/h4-5H,1-3H3,(H2,14,16,17,19). The van der Waals surface area contributed by atoms with Gasteiger partial charge in [0.2, 0.25) is 0 Å². The van der Waals surface area contributed by atoms with E-state index in [2.05, 4.69) is 25.1 Å². The predicted molar refractivity (Wildman–Crippen MR) is 78.4 cm³/mol. The highest BCUT2D eigenvalue weighted by molar-refractivity contribution is 7.08. The zero-order chi connectivity index (χ0) is 15.0. The minimum atomic E-state index is -0.265. The Bertz CT molecular complexity index is 801. The van der Waals surface area contributed by atoms with Gasteiger partial charge in [0.25, 0.3) is 5.91 Å². The van der Waals surface area contributed by atoms with Crippen molar-refractivity contribution in [3.05, 3.63) is 34.0 Å². The van der Waals surface area contributed by atoms with Crippen LogP contribution in [-0.2, 0) is 0 Å². The fourth-order valence-corrected chi connectivity index (χ4v) is 2.48. The van der Waals surface area contributed by atoms with E-state index in [-0.39, 0.29) is 5.91 Å². The minimum Gasteiger partial charge on any atom is -0.460 e. The summed E-state index contributed by atoms with van der Waals surface area (Å²) in [4.78, 5) is 12.6. The molecule has 3 rings (SSSR count). The first kappa shape index (κ1) is 13.5. The van der Waals surface area contributed by atoms with E-state index < -0.39 is 0 Å². The van der Waals surface area contributed by atoms with Crippen LogP contribution in [0.4, 0.5) is 5.82 Å². The molecule has 0 aliphatic heterocycles. The smallest absolute Gasteiger partial charge is 0.270 e. The number of aromatic amines is 1. The highest BCUT2D eigenvalue weighted by Gasteiger charge is 2.18. The highest BCUT2D eigenvalue weighted by atomic mass is 32.1. The Morgan fingerprint density at radius 3 is 2.76 bits per heavy atom. The topological polar surface area (TPSA) is 96.7 Å². The maximum absolute atomic E-state index is 12.1. The van der Waals surface area contributed by atoms with Crippen molar-refractivity contribution in [2.24, 2.45) is 0 Å². The quantitative estimate of drug-likeness (QED) is 0.775. The molecule has 1 amide bonds. The van der Waals surface area contributed by atoms with Gasteiger partial charge in [0.1, 0.15) is 16.3 Å². The summed E-state index contributed by atoms with van der Waals surface area (Å²) < 4.78 is 9.31. The van der Waals surface area contributed by atoms with Crippen LogP contribution in [0.2, 0.25) is 0 Å². The Balaban J connectivity index is 1.86. The molecule has 8 heteroatoms. The summed E-state index contributed by atoms with van der Waals surface area (Å²) in [5.74, 6) is 1.71. The van der Waals surface area contributed by atoms with Crippen molar-refractivity contribution in [3.63, 3.8) is 0 Å². The van der Waals surface area contributed by atoms with E-state index in [1.807, 2.05) is 26.0 Å². The van der Waals surface area contributed by atoms with Crippen LogP contribution in [0, 0.1) is 20.8 Å². The molecule has 0 saturated heterocycles. The molecule has 3 heterocycles. The van der Waals surface area contributed by atoms with Gasteiger partial charge >= 0.3 is 0 Å². The largest absolute Gasteiger partial charge is 0.460 e. The lowest BCUT2D eigenvalue weighted by Gasteiger charge is -2.01. The maximum atomic E-state index is 12.1. The Hall–Kier alpha value is -2.48. The Kier molecular flexibility index (Phi) is 3.30. The summed E-state index contributed by atoms with van der Waals surface area (Å²) in [5.41, 5.74) is 2.16. The molecule has 0 aromatic carbocycles. The third kappa shape index (κ3) is 2.45. The van der Waals surface area contributed by atoms with Gasteiger partial charge in [-0.25, -0.2) is 0 Å². The van der Waals surface area contributed by atoms with E-state index >= 15 is 0 Å². The van der Waals surface area contributed by atoms with Gasteiger partial charge < -0.3 is 9.73 Å². The van der Waals surface area contributed by atoms with E-state index in [0.29, 0.717) is 22.1 Å². The molecule has 0 atom stereocenters. The van der Waals surface area contributed by atoms with Crippen molar-refractivity contribution < 1.29 is 9.21 Å². The fraction of sp³-hybridized carbons (Fsp3) is 0.231. The molecule has 0 saturated carbocycles. The number of anilines is 1. The SMILES string of the molecule is Cc1ccc(-c2[nH]nc(NC(=O)c3snnc3C)c2C)o1. The summed E-state index contributed by atoms with van der Waals surface area (Å²) >= 11 is 1.06. The van der Waals surface area contributed by atoms with E-state index in [9.17, 15) is 4.79 Å². The second-order valence-electron chi connectivity index (χ2n) is 4.62. The van der Waals surface area contributed by atoms with Crippen molar-refractivity contribution in [2.45, 2.75) is 20.8 Å². The number of amides is 1. The van der Waals surface area contributed by atoms with E-state index in [1.54, 1.807) is 6.92 Å². The third-order valence-electron chi connectivity index (χ3n) is 3.09. The number of rotatable bonds is 3. The molecular formula is C13H13N5O2S. The van der Waals surface area contributed by atoms with Gasteiger partial charge in [0, 0.05) is 5.56 Å². The summed E-state index contributed by atoms with van der Waals surface area (Å²) in [7, 11) is 0. The van der Waals surface area contributed by atoms with Gasteiger partial charge in [-0.15, -0.1) is 5.10 Å². The number of nitrogens with one attached hydrogen (secondary N) is 2. The second kappa shape index (κ2) is 5.13. The van der Waals surface area contributed by atoms with Crippen molar-refractivity contribution in [3.8, 4) is 11.5 Å². The van der Waals surface area contributed by atoms with Crippen molar-refractivity contribution in [2.75, 3.05) is 5.32 Å². The zero-order valence-corrected chi connectivity index (χ0v) is 12.5. The van der Waals surface area contributed by atoms with Gasteiger partial charge in [-0.3, -0.25) is 9.89 Å². The third-order valence-corrected chi connectivity index (χ3v) is 3.91. The summed E-state index contributed by atoms with van der Waals surface area (Å²) in [5, 5.41) is 13.6. The van der Waals surface area contributed by atoms with Crippen LogP contribution in [0.5, 0.6) is 0 Å². The number of hydrogen-bond donors (Lipinski definition) is 2. The number of aryl methyl sites for hydroxylation is 2. The van der Waals surface area contributed by atoms with Gasteiger partial charge in [-0.05, 0) is 44.4 Å². The molecule has 0 unspecified atom stereocenters. The van der Waals surface area contributed by atoms with Crippen LogP contribution >= 0.6 is 11.5 Å². The van der Waals surface area contributed by atoms with Crippen molar-refractivity contribution in [1.29, 1.82) is 0 Å². The van der Waals surface area contributed by atoms with Crippen LogP contribution in [0.1, 0.15) is 26.7 Å². The summed E-state index contributed by atoms with van der Waals surface area (Å²) in [6.45, 7) is 5.48. The number of carbonyl (C=O) groups excluding carboxylic acids is 1. The first-order chi connectivity index (χ1) is 10.1. The average Bonchev–Trinajstić information content (AvgIpc) is 3.13. The lowest BCUT2D eigenvalue weighted by atomic mass is 10.2. The molecule has 21 heavy (non-hydrogen) atoms. The Labute approximate surface area is 124 Å². The Morgan fingerprint density at radius 2 is 2.14 bits per heavy atom. The minimum absolute atomic E-state index is 0.265. The molecule has 3 aromatic rings. The Morgan fingerprint density at radius 1 is 1.33 bits per heavy atom. The van der Waals surface area contributed by atoms with Crippen LogP contribution in [0.25, 0.3) is 11.5 Å². The molecule has 0 fully saturated rings. The van der Waals surface area contributed by atoms with Crippen LogP contribution < -0.4 is 5.32 Å². The average molecular weight is 303 g/mol. The molecule has 3 aromatic heterocycles. The number of hydrogen-bond acceptors (Lipinski definition) is 6. The number of H-pyrrole nitrogens is 1. The number of carbonyl (C=O) groups is 1. The fourth-order valence-electron chi connectivity index (χ4n) is 1.93. The molecule has 108 valence electrons. The van der Waals surface area contributed by atoms with E-state index in [0.717, 1.165) is 28.6 Å². The number of furan rings is 1.